The fraction of sp³-hybridized carbons (Fsp3) is 0.545. The Morgan fingerprint density at radius 1 is 1.62 bits per heavy atom. The standard InChI is InChI=1S/C11H14BrNO2S/c1-2-13-10-4-15-3-7(10)11(14)8-5-16-6-9(8)12/h5-7,10,13H,2-4H2,1H3. The molecule has 88 valence electrons. The highest BCUT2D eigenvalue weighted by molar-refractivity contribution is 9.10. The van der Waals surface area contributed by atoms with Crippen molar-refractivity contribution >= 4 is 33.0 Å². The number of nitrogens with one attached hydrogen (secondary N) is 1. The molecule has 1 aliphatic rings. The van der Waals surface area contributed by atoms with Gasteiger partial charge in [0.1, 0.15) is 0 Å². The molecule has 2 unspecified atom stereocenters. The highest BCUT2D eigenvalue weighted by atomic mass is 79.9. The Kier molecular flexibility index (Phi) is 4.13. The molecule has 0 aliphatic carbocycles. The van der Waals surface area contributed by atoms with E-state index in [9.17, 15) is 4.79 Å². The molecule has 3 nitrogen and oxygen atoms in total. The molecule has 2 atom stereocenters. The van der Waals surface area contributed by atoms with Crippen LogP contribution < -0.4 is 5.32 Å². The summed E-state index contributed by atoms with van der Waals surface area (Å²) < 4.78 is 6.28. The van der Waals surface area contributed by atoms with Gasteiger partial charge in [0.25, 0.3) is 0 Å². The minimum absolute atomic E-state index is 0.0501. The number of rotatable bonds is 4. The normalized spacial score (nSPS) is 24.9. The molecule has 0 aromatic carbocycles. The van der Waals surface area contributed by atoms with Gasteiger partial charge in [0.2, 0.25) is 0 Å². The van der Waals surface area contributed by atoms with E-state index in [1.807, 2.05) is 17.7 Å². The minimum Gasteiger partial charge on any atom is -0.379 e. The van der Waals surface area contributed by atoms with Crippen LogP contribution in [0.4, 0.5) is 0 Å². The second-order valence-electron chi connectivity index (χ2n) is 3.81. The maximum absolute atomic E-state index is 12.3. The number of ketones is 1. The van der Waals surface area contributed by atoms with E-state index in [1.54, 1.807) is 0 Å². The number of hydrogen-bond donors (Lipinski definition) is 1. The van der Waals surface area contributed by atoms with Crippen molar-refractivity contribution in [3.8, 4) is 0 Å². The molecule has 1 aromatic rings. The molecule has 5 heteroatoms. The van der Waals surface area contributed by atoms with Gasteiger partial charge in [0, 0.05) is 26.8 Å². The summed E-state index contributed by atoms with van der Waals surface area (Å²) in [6, 6.07) is 0.157. The summed E-state index contributed by atoms with van der Waals surface area (Å²) in [7, 11) is 0. The van der Waals surface area contributed by atoms with Gasteiger partial charge in [-0.25, -0.2) is 0 Å². The average molecular weight is 304 g/mol. The molecule has 0 radical (unpaired) electrons. The van der Waals surface area contributed by atoms with Crippen LogP contribution in [0.1, 0.15) is 17.3 Å². The summed E-state index contributed by atoms with van der Waals surface area (Å²) >= 11 is 4.94. The van der Waals surface area contributed by atoms with Gasteiger partial charge < -0.3 is 10.1 Å². The molecule has 16 heavy (non-hydrogen) atoms. The maximum atomic E-state index is 12.3. The van der Waals surface area contributed by atoms with Gasteiger partial charge >= 0.3 is 0 Å². The number of halogens is 1. The second kappa shape index (κ2) is 5.40. The van der Waals surface area contributed by atoms with Crippen LogP contribution in [-0.4, -0.2) is 31.6 Å². The Balaban J connectivity index is 2.12. The quantitative estimate of drug-likeness (QED) is 0.868. The summed E-state index contributed by atoms with van der Waals surface area (Å²) in [5, 5.41) is 7.13. The largest absolute Gasteiger partial charge is 0.379 e. The third-order valence-corrected chi connectivity index (χ3v) is 4.47. The van der Waals surface area contributed by atoms with Crippen LogP contribution >= 0.6 is 27.3 Å². The van der Waals surface area contributed by atoms with Gasteiger partial charge in [-0.1, -0.05) is 6.92 Å². The van der Waals surface area contributed by atoms with E-state index in [1.165, 1.54) is 11.3 Å². The Morgan fingerprint density at radius 2 is 2.44 bits per heavy atom. The van der Waals surface area contributed by atoms with E-state index in [0.717, 1.165) is 16.6 Å². The zero-order valence-electron chi connectivity index (χ0n) is 9.03. The monoisotopic (exact) mass is 303 g/mol. The molecular weight excluding hydrogens is 290 g/mol. The van der Waals surface area contributed by atoms with Crippen molar-refractivity contribution in [2.75, 3.05) is 19.8 Å². The van der Waals surface area contributed by atoms with E-state index in [-0.39, 0.29) is 17.7 Å². The van der Waals surface area contributed by atoms with Crippen LogP contribution in [-0.2, 0) is 4.74 Å². The van der Waals surface area contributed by atoms with Crippen LogP contribution in [0.15, 0.2) is 15.2 Å². The first-order valence-corrected chi connectivity index (χ1v) is 7.04. The van der Waals surface area contributed by atoms with Gasteiger partial charge in [0.15, 0.2) is 5.78 Å². The molecule has 0 bridgehead atoms. The zero-order valence-corrected chi connectivity index (χ0v) is 11.4. The third-order valence-electron chi connectivity index (χ3n) is 2.76. The number of Topliss-reactive ketones (excluding diaryl/α,β-unsaturated/α-hetero) is 1. The second-order valence-corrected chi connectivity index (χ2v) is 5.40. The van der Waals surface area contributed by atoms with Gasteiger partial charge in [-0.3, -0.25) is 4.79 Å². The first-order valence-electron chi connectivity index (χ1n) is 5.31. The highest BCUT2D eigenvalue weighted by Gasteiger charge is 2.34. The summed E-state index contributed by atoms with van der Waals surface area (Å²) in [5.41, 5.74) is 0.781. The number of ether oxygens (including phenoxy) is 1. The smallest absolute Gasteiger partial charge is 0.171 e. The fourth-order valence-corrected chi connectivity index (χ4v) is 3.41. The lowest BCUT2D eigenvalue weighted by Gasteiger charge is -2.16. The van der Waals surface area contributed by atoms with Crippen molar-refractivity contribution < 1.29 is 9.53 Å². The maximum Gasteiger partial charge on any atom is 0.171 e. The summed E-state index contributed by atoms with van der Waals surface area (Å²) in [6.45, 7) is 4.06. The molecule has 2 heterocycles. The molecule has 1 saturated heterocycles. The average Bonchev–Trinajstić information content (AvgIpc) is 2.87. The molecule has 0 amide bonds. The van der Waals surface area contributed by atoms with E-state index in [2.05, 4.69) is 21.2 Å². The Bertz CT molecular complexity index is 380. The van der Waals surface area contributed by atoms with Crippen molar-refractivity contribution in [1.29, 1.82) is 0 Å². The van der Waals surface area contributed by atoms with Gasteiger partial charge in [-0.15, -0.1) is 0 Å². The summed E-state index contributed by atoms with van der Waals surface area (Å²) in [5.74, 6) is 0.127. The Hall–Kier alpha value is -0.230. The fourth-order valence-electron chi connectivity index (χ4n) is 1.93. The van der Waals surface area contributed by atoms with Crippen molar-refractivity contribution in [1.82, 2.24) is 5.32 Å². The van der Waals surface area contributed by atoms with Crippen LogP contribution in [0.25, 0.3) is 0 Å². The molecule has 1 fully saturated rings. The van der Waals surface area contributed by atoms with Gasteiger partial charge in [0.05, 0.1) is 19.1 Å². The topological polar surface area (TPSA) is 38.3 Å². The van der Waals surface area contributed by atoms with Crippen LogP contribution in [0, 0.1) is 5.92 Å². The SMILES string of the molecule is CCNC1COCC1C(=O)c1cscc1Br. The predicted octanol–water partition coefficient (Wildman–Crippen LogP) is 2.32. The number of likely N-dealkylation sites (N-methyl/N-ethyl adjacent to an activating group) is 1. The zero-order chi connectivity index (χ0) is 11.5. The van der Waals surface area contributed by atoms with E-state index >= 15 is 0 Å². The molecule has 0 saturated carbocycles. The van der Waals surface area contributed by atoms with Crippen molar-refractivity contribution in [3.05, 3.63) is 20.8 Å². The molecular formula is C11H14BrNO2S. The lowest BCUT2D eigenvalue weighted by molar-refractivity contribution is 0.0891. The number of thiophene rings is 1. The summed E-state index contributed by atoms with van der Waals surface area (Å²) in [6.07, 6.45) is 0. The van der Waals surface area contributed by atoms with Crippen LogP contribution in [0.2, 0.25) is 0 Å². The molecule has 0 spiro atoms. The Morgan fingerprint density at radius 3 is 3.06 bits per heavy atom. The van der Waals surface area contributed by atoms with Crippen molar-refractivity contribution in [2.24, 2.45) is 5.92 Å². The van der Waals surface area contributed by atoms with Crippen LogP contribution in [0.5, 0.6) is 0 Å². The van der Waals surface area contributed by atoms with Crippen LogP contribution in [0.3, 0.4) is 0 Å². The number of carbonyl (C=O) groups is 1. The van der Waals surface area contributed by atoms with E-state index < -0.39 is 0 Å². The lowest BCUT2D eigenvalue weighted by Crippen LogP contribution is -2.39. The van der Waals surface area contributed by atoms with Crippen molar-refractivity contribution in [2.45, 2.75) is 13.0 Å². The first kappa shape index (κ1) is 12.2. The number of carbonyl (C=O) groups excluding carboxylic acids is 1. The van der Waals surface area contributed by atoms with Crippen molar-refractivity contribution in [3.63, 3.8) is 0 Å². The lowest BCUT2D eigenvalue weighted by atomic mass is 9.95. The molecule has 1 N–H and O–H groups in total. The van der Waals surface area contributed by atoms with E-state index in [4.69, 9.17) is 4.74 Å². The van der Waals surface area contributed by atoms with E-state index in [0.29, 0.717) is 13.2 Å². The third kappa shape index (κ3) is 2.37. The van der Waals surface area contributed by atoms with Gasteiger partial charge in [-0.2, -0.15) is 11.3 Å². The molecule has 2 rings (SSSR count). The summed E-state index contributed by atoms with van der Waals surface area (Å²) in [4.78, 5) is 12.3. The Labute approximate surface area is 107 Å². The van der Waals surface area contributed by atoms with Gasteiger partial charge in [-0.05, 0) is 22.5 Å². The highest BCUT2D eigenvalue weighted by Crippen LogP contribution is 2.27. The first-order chi connectivity index (χ1) is 7.74. The minimum atomic E-state index is -0.0501. The number of hydrogen-bond acceptors (Lipinski definition) is 4. The predicted molar refractivity (Wildman–Crippen MR) is 68.1 cm³/mol. The molecule has 1 aliphatic heterocycles. The molecule has 1 aromatic heterocycles.